The van der Waals surface area contributed by atoms with Gasteiger partial charge in [0.2, 0.25) is 0 Å². The zero-order valence-electron chi connectivity index (χ0n) is 12.0. The molecule has 1 amide bonds. The Bertz CT molecular complexity index is 814. The molecule has 0 fully saturated rings. The third-order valence-corrected chi connectivity index (χ3v) is 3.38. The van der Waals surface area contributed by atoms with Gasteiger partial charge >= 0.3 is 0 Å². The number of rotatable bonds is 4. The Morgan fingerprint density at radius 2 is 2.18 bits per heavy atom. The fraction of sp³-hybridized carbons (Fsp3) is 0.200. The molecule has 3 aromatic rings. The number of carbonyl (C=O) groups excluding carboxylic acids is 1. The molecule has 0 radical (unpaired) electrons. The zero-order valence-corrected chi connectivity index (χ0v) is 12.0. The summed E-state index contributed by atoms with van der Waals surface area (Å²) in [5.74, 6) is -0.367. The molecular formula is C15H15N5O2. The molecule has 0 saturated heterocycles. The maximum Gasteiger partial charge on any atom is 0.251 e. The number of aromatic nitrogens is 4. The minimum absolute atomic E-state index is 0.364. The lowest BCUT2D eigenvalue weighted by Gasteiger charge is -2.15. The van der Waals surface area contributed by atoms with Crippen LogP contribution in [0.25, 0.3) is 10.9 Å². The summed E-state index contributed by atoms with van der Waals surface area (Å²) in [7, 11) is 0. The molecule has 1 aromatic carbocycles. The second-order valence-electron chi connectivity index (χ2n) is 4.92. The number of aryl methyl sites for hydroxylation is 1. The van der Waals surface area contributed by atoms with Gasteiger partial charge in [-0.1, -0.05) is 23.4 Å². The van der Waals surface area contributed by atoms with E-state index in [1.54, 1.807) is 13.1 Å². The van der Waals surface area contributed by atoms with Crippen molar-refractivity contribution in [1.82, 2.24) is 20.0 Å². The Balaban J connectivity index is 1.84. The largest absolute Gasteiger partial charge is 0.394 e. The fourth-order valence-corrected chi connectivity index (χ4v) is 2.24. The first-order chi connectivity index (χ1) is 10.7. The van der Waals surface area contributed by atoms with E-state index in [-0.39, 0.29) is 12.5 Å². The highest BCUT2D eigenvalue weighted by atomic mass is 16.3. The molecule has 7 nitrogen and oxygen atoms in total. The molecule has 7 heteroatoms. The van der Waals surface area contributed by atoms with Gasteiger partial charge in [0.1, 0.15) is 0 Å². The van der Waals surface area contributed by atoms with E-state index >= 15 is 0 Å². The summed E-state index contributed by atoms with van der Waals surface area (Å²) in [5, 5.41) is 20.7. The first kappa shape index (κ1) is 14.2. The maximum absolute atomic E-state index is 12.3. The number of carbonyl (C=O) groups is 1. The van der Waals surface area contributed by atoms with E-state index in [0.717, 1.165) is 10.9 Å². The predicted molar refractivity (Wildman–Crippen MR) is 81.3 cm³/mol. The van der Waals surface area contributed by atoms with Gasteiger partial charge < -0.3 is 10.4 Å². The monoisotopic (exact) mass is 297 g/mol. The van der Waals surface area contributed by atoms with Gasteiger partial charge in [-0.25, -0.2) is 4.68 Å². The number of pyridine rings is 1. The average molecular weight is 297 g/mol. The van der Waals surface area contributed by atoms with Crippen molar-refractivity contribution in [2.24, 2.45) is 0 Å². The summed E-state index contributed by atoms with van der Waals surface area (Å²) in [6, 6.07) is 8.64. The van der Waals surface area contributed by atoms with Crippen LogP contribution in [0.1, 0.15) is 11.7 Å². The molecule has 3 rings (SSSR count). The number of aliphatic hydroxyl groups is 1. The maximum atomic E-state index is 12.3. The normalized spacial score (nSPS) is 12.3. The fourth-order valence-electron chi connectivity index (χ4n) is 2.24. The van der Waals surface area contributed by atoms with E-state index < -0.39 is 6.04 Å². The van der Waals surface area contributed by atoms with Crippen LogP contribution < -0.4 is 5.32 Å². The molecule has 22 heavy (non-hydrogen) atoms. The smallest absolute Gasteiger partial charge is 0.251 e. The lowest BCUT2D eigenvalue weighted by Crippen LogP contribution is -2.30. The number of aliphatic hydroxyl groups excluding tert-OH is 1. The van der Waals surface area contributed by atoms with E-state index in [1.165, 1.54) is 10.9 Å². The highest BCUT2D eigenvalue weighted by Gasteiger charge is 2.22. The number of anilines is 1. The highest BCUT2D eigenvalue weighted by molar-refractivity contribution is 5.95. The predicted octanol–water partition coefficient (Wildman–Crippen LogP) is 1.31. The molecule has 0 saturated carbocycles. The third-order valence-electron chi connectivity index (χ3n) is 3.38. The van der Waals surface area contributed by atoms with Gasteiger partial charge in [0.05, 0.1) is 35.9 Å². The lowest BCUT2D eigenvalue weighted by molar-refractivity contribution is -0.120. The van der Waals surface area contributed by atoms with Crippen molar-refractivity contribution in [2.45, 2.75) is 13.0 Å². The van der Waals surface area contributed by atoms with E-state index in [4.69, 9.17) is 0 Å². The molecule has 0 unspecified atom stereocenters. The molecular weight excluding hydrogens is 282 g/mol. The summed E-state index contributed by atoms with van der Waals surface area (Å²) in [6.07, 6.45) is 3.12. The van der Waals surface area contributed by atoms with Crippen molar-refractivity contribution in [3.05, 3.63) is 48.4 Å². The van der Waals surface area contributed by atoms with Gasteiger partial charge in [-0.2, -0.15) is 0 Å². The molecule has 1 atom stereocenters. The number of hydrogen-bond donors (Lipinski definition) is 2. The van der Waals surface area contributed by atoms with Crippen LogP contribution >= 0.6 is 0 Å². The Morgan fingerprint density at radius 3 is 2.91 bits per heavy atom. The lowest BCUT2D eigenvalue weighted by atomic mass is 10.2. The van der Waals surface area contributed by atoms with Crippen molar-refractivity contribution in [3.63, 3.8) is 0 Å². The number of benzene rings is 1. The molecule has 112 valence electrons. The van der Waals surface area contributed by atoms with Gasteiger partial charge in [0, 0.05) is 5.39 Å². The summed E-state index contributed by atoms with van der Waals surface area (Å²) in [6.45, 7) is 1.41. The molecule has 0 spiro atoms. The summed E-state index contributed by atoms with van der Waals surface area (Å²) in [4.78, 5) is 16.6. The quantitative estimate of drug-likeness (QED) is 0.757. The van der Waals surface area contributed by atoms with Crippen LogP contribution in [0.3, 0.4) is 0 Å². The number of nitrogens with zero attached hydrogens (tertiary/aromatic N) is 4. The summed E-state index contributed by atoms with van der Waals surface area (Å²) >= 11 is 0. The number of fused-ring (bicyclic) bond motifs is 1. The highest BCUT2D eigenvalue weighted by Crippen LogP contribution is 2.17. The van der Waals surface area contributed by atoms with Crippen molar-refractivity contribution in [2.75, 3.05) is 11.9 Å². The topological polar surface area (TPSA) is 92.9 Å². The van der Waals surface area contributed by atoms with Gasteiger partial charge in [0.15, 0.2) is 6.04 Å². The molecule has 0 bridgehead atoms. The van der Waals surface area contributed by atoms with E-state index in [2.05, 4.69) is 20.6 Å². The van der Waals surface area contributed by atoms with Gasteiger partial charge in [0.25, 0.3) is 5.91 Å². The molecule has 2 heterocycles. The molecule has 0 aliphatic heterocycles. The van der Waals surface area contributed by atoms with Crippen LogP contribution in [0.4, 0.5) is 5.69 Å². The van der Waals surface area contributed by atoms with Gasteiger partial charge in [-0.3, -0.25) is 9.78 Å². The number of amides is 1. The van der Waals surface area contributed by atoms with Gasteiger partial charge in [-0.15, -0.1) is 5.10 Å². The third kappa shape index (κ3) is 2.66. The minimum Gasteiger partial charge on any atom is -0.394 e. The van der Waals surface area contributed by atoms with Crippen LogP contribution in [0.5, 0.6) is 0 Å². The number of para-hydroxylation sites is 1. The minimum atomic E-state index is -0.825. The van der Waals surface area contributed by atoms with Crippen molar-refractivity contribution < 1.29 is 9.90 Å². The number of nitrogens with one attached hydrogen (secondary N) is 1. The van der Waals surface area contributed by atoms with Crippen molar-refractivity contribution in [3.8, 4) is 0 Å². The van der Waals surface area contributed by atoms with Crippen LogP contribution in [-0.4, -0.2) is 37.6 Å². The Morgan fingerprint density at radius 1 is 1.36 bits per heavy atom. The van der Waals surface area contributed by atoms with Gasteiger partial charge in [-0.05, 0) is 19.1 Å². The Labute approximate surface area is 126 Å². The average Bonchev–Trinajstić information content (AvgIpc) is 2.94. The Kier molecular flexibility index (Phi) is 3.80. The molecule has 2 aromatic heterocycles. The summed E-state index contributed by atoms with van der Waals surface area (Å²) < 4.78 is 1.39. The first-order valence-electron chi connectivity index (χ1n) is 6.82. The van der Waals surface area contributed by atoms with E-state index in [9.17, 15) is 9.90 Å². The Hall–Kier alpha value is -2.80. The van der Waals surface area contributed by atoms with Crippen molar-refractivity contribution >= 4 is 22.5 Å². The second-order valence-corrected chi connectivity index (χ2v) is 4.92. The summed E-state index contributed by atoms with van der Waals surface area (Å²) in [5.41, 5.74) is 2.12. The van der Waals surface area contributed by atoms with E-state index in [1.807, 2.05) is 30.3 Å². The SMILES string of the molecule is Cc1cnnn1[C@@H](CO)C(=O)Nc1cnc2ccccc2c1. The van der Waals surface area contributed by atoms with Crippen LogP contribution in [-0.2, 0) is 4.79 Å². The standard InChI is InChI=1S/C15H15N5O2/c1-10-7-17-19-20(10)14(9-21)15(22)18-12-6-11-4-2-3-5-13(11)16-8-12/h2-8,14,21H,9H2,1H3,(H,18,22)/t14-/m0/s1. The number of hydrogen-bond acceptors (Lipinski definition) is 5. The van der Waals surface area contributed by atoms with Crippen LogP contribution in [0, 0.1) is 6.92 Å². The van der Waals surface area contributed by atoms with Crippen molar-refractivity contribution in [1.29, 1.82) is 0 Å². The molecule has 2 N–H and O–H groups in total. The molecule has 0 aliphatic carbocycles. The van der Waals surface area contributed by atoms with E-state index in [0.29, 0.717) is 11.4 Å². The first-order valence-corrected chi connectivity index (χ1v) is 6.82. The second kappa shape index (κ2) is 5.90. The van der Waals surface area contributed by atoms with Crippen LogP contribution in [0.2, 0.25) is 0 Å². The molecule has 0 aliphatic rings. The zero-order chi connectivity index (χ0) is 15.5. The van der Waals surface area contributed by atoms with Crippen LogP contribution in [0.15, 0.2) is 42.7 Å².